The van der Waals surface area contributed by atoms with Crippen LogP contribution in [0.2, 0.25) is 0 Å². The van der Waals surface area contributed by atoms with E-state index < -0.39 is 30.3 Å². The molecule has 1 rings (SSSR count). The molecule has 0 saturated carbocycles. The minimum absolute atomic E-state index is 0.201. The fourth-order valence-electron chi connectivity index (χ4n) is 2.87. The van der Waals surface area contributed by atoms with Crippen LogP contribution in [-0.2, 0) is 0 Å². The average Bonchev–Trinajstić information content (AvgIpc) is 2.41. The minimum Gasteiger partial charge on any atom is -0.392 e. The highest BCUT2D eigenvalue weighted by Gasteiger charge is 2.44. The lowest BCUT2D eigenvalue weighted by molar-refractivity contribution is -0.164. The molecule has 0 bridgehead atoms. The van der Waals surface area contributed by atoms with E-state index in [4.69, 9.17) is 0 Å². The summed E-state index contributed by atoms with van der Waals surface area (Å²) < 4.78 is 39.4. The number of alkyl halides is 3. The molecule has 1 saturated heterocycles. The predicted molar refractivity (Wildman–Crippen MR) is 82.1 cm³/mol. The van der Waals surface area contributed by atoms with Crippen LogP contribution in [0, 0.1) is 5.92 Å². The molecule has 0 radical (unpaired) electrons. The van der Waals surface area contributed by atoms with E-state index in [-0.39, 0.29) is 6.04 Å². The van der Waals surface area contributed by atoms with Gasteiger partial charge in [-0.1, -0.05) is 20.3 Å². The smallest absolute Gasteiger partial charge is 0.392 e. The topological polar surface area (TPSA) is 55.8 Å². The van der Waals surface area contributed by atoms with Crippen molar-refractivity contribution < 1.29 is 23.1 Å². The van der Waals surface area contributed by atoms with E-state index in [1.807, 2.05) is 4.90 Å². The van der Waals surface area contributed by atoms with Gasteiger partial charge in [-0.3, -0.25) is 4.90 Å². The van der Waals surface area contributed by atoms with Crippen LogP contribution >= 0.6 is 0 Å². The van der Waals surface area contributed by atoms with Gasteiger partial charge in [0.2, 0.25) is 0 Å². The van der Waals surface area contributed by atoms with E-state index >= 15 is 0 Å². The van der Waals surface area contributed by atoms with Crippen molar-refractivity contribution in [2.45, 2.75) is 58.5 Å². The second kappa shape index (κ2) is 8.19. The first-order valence-electron chi connectivity index (χ1n) is 8.10. The summed E-state index contributed by atoms with van der Waals surface area (Å²) >= 11 is 0. The Morgan fingerprint density at radius 1 is 1.35 bits per heavy atom. The predicted octanol–water partition coefficient (Wildman–Crippen LogP) is 2.06. The van der Waals surface area contributed by atoms with Crippen molar-refractivity contribution in [1.82, 2.24) is 15.1 Å². The Balaban J connectivity index is 2.67. The maximum absolute atomic E-state index is 13.1. The largest absolute Gasteiger partial charge is 0.408 e. The van der Waals surface area contributed by atoms with Crippen molar-refractivity contribution in [2.24, 2.45) is 5.92 Å². The van der Waals surface area contributed by atoms with Crippen molar-refractivity contribution >= 4 is 6.03 Å². The Morgan fingerprint density at radius 2 is 1.96 bits per heavy atom. The molecule has 23 heavy (non-hydrogen) atoms. The second-order valence-electron chi connectivity index (χ2n) is 6.51. The molecule has 0 spiro atoms. The van der Waals surface area contributed by atoms with Gasteiger partial charge in [-0.05, 0) is 19.8 Å². The molecule has 1 fully saturated rings. The Labute approximate surface area is 135 Å². The number of hydrogen-bond donors (Lipinski definition) is 2. The molecule has 0 unspecified atom stereocenters. The van der Waals surface area contributed by atoms with Crippen LogP contribution in [0.15, 0.2) is 0 Å². The van der Waals surface area contributed by atoms with Crippen LogP contribution in [0.4, 0.5) is 18.0 Å². The summed E-state index contributed by atoms with van der Waals surface area (Å²) in [5, 5.41) is 11.6. The van der Waals surface area contributed by atoms with Crippen LogP contribution < -0.4 is 5.32 Å². The number of aliphatic hydroxyl groups excluding tert-OH is 1. The van der Waals surface area contributed by atoms with Gasteiger partial charge >= 0.3 is 12.2 Å². The van der Waals surface area contributed by atoms with Crippen molar-refractivity contribution in [1.29, 1.82) is 0 Å². The van der Waals surface area contributed by atoms with E-state index in [0.29, 0.717) is 32.6 Å². The van der Waals surface area contributed by atoms with Crippen LogP contribution in [0.25, 0.3) is 0 Å². The first-order chi connectivity index (χ1) is 10.6. The SMILES string of the molecule is CC[C@H](C)[C@H](NC(=O)N1CCN(C[C@@H](C)O)C[C@H]1C)C(F)(F)F. The molecule has 8 heteroatoms. The number of hydrogen-bond acceptors (Lipinski definition) is 3. The number of nitrogens with zero attached hydrogens (tertiary/aromatic N) is 2. The molecule has 0 aromatic heterocycles. The number of nitrogens with one attached hydrogen (secondary N) is 1. The third-order valence-corrected chi connectivity index (χ3v) is 4.34. The molecular weight excluding hydrogens is 311 g/mol. The highest BCUT2D eigenvalue weighted by Crippen LogP contribution is 2.27. The summed E-state index contributed by atoms with van der Waals surface area (Å²) in [6.45, 7) is 8.59. The van der Waals surface area contributed by atoms with Crippen LogP contribution in [0.1, 0.15) is 34.1 Å². The number of urea groups is 1. The van der Waals surface area contributed by atoms with Gasteiger partial charge < -0.3 is 15.3 Å². The lowest BCUT2D eigenvalue weighted by Gasteiger charge is -2.41. The number of piperazine rings is 1. The quantitative estimate of drug-likeness (QED) is 0.806. The molecule has 0 aliphatic carbocycles. The monoisotopic (exact) mass is 339 g/mol. The Hall–Kier alpha value is -1.02. The standard InChI is InChI=1S/C15H28F3N3O2/c1-5-10(2)13(15(16,17)18)19-14(23)21-7-6-20(8-11(21)3)9-12(4)22/h10-13,22H,5-9H2,1-4H3,(H,19,23)/t10-,11+,12+,13-/m0/s1. The molecule has 5 nitrogen and oxygen atoms in total. The molecule has 136 valence electrons. The van der Waals surface area contributed by atoms with Crippen molar-refractivity contribution in [3.05, 3.63) is 0 Å². The third kappa shape index (κ3) is 5.84. The summed E-state index contributed by atoms with van der Waals surface area (Å²) in [5.74, 6) is -0.675. The van der Waals surface area contributed by atoms with Crippen molar-refractivity contribution in [3.63, 3.8) is 0 Å². The van der Waals surface area contributed by atoms with Gasteiger partial charge in [0.25, 0.3) is 0 Å². The zero-order valence-electron chi connectivity index (χ0n) is 14.2. The molecule has 1 heterocycles. The zero-order valence-corrected chi connectivity index (χ0v) is 14.2. The van der Waals surface area contributed by atoms with Gasteiger partial charge in [0.15, 0.2) is 0 Å². The van der Waals surface area contributed by atoms with E-state index in [9.17, 15) is 23.1 Å². The highest BCUT2D eigenvalue weighted by molar-refractivity contribution is 5.75. The number of carbonyl (C=O) groups excluding carboxylic acids is 1. The Bertz CT molecular complexity index is 391. The van der Waals surface area contributed by atoms with E-state index in [1.54, 1.807) is 20.8 Å². The fourth-order valence-corrected chi connectivity index (χ4v) is 2.87. The maximum atomic E-state index is 13.1. The van der Waals surface area contributed by atoms with Gasteiger partial charge in [0, 0.05) is 32.2 Å². The van der Waals surface area contributed by atoms with Gasteiger partial charge in [-0.2, -0.15) is 13.2 Å². The van der Waals surface area contributed by atoms with Gasteiger partial charge in [-0.15, -0.1) is 0 Å². The Kier molecular flexibility index (Phi) is 7.13. The molecule has 1 aliphatic heterocycles. The molecular formula is C15H28F3N3O2. The lowest BCUT2D eigenvalue weighted by atomic mass is 9.99. The van der Waals surface area contributed by atoms with Crippen LogP contribution in [-0.4, -0.2) is 71.5 Å². The molecule has 4 atom stereocenters. The second-order valence-corrected chi connectivity index (χ2v) is 6.51. The molecule has 2 amide bonds. The number of rotatable bonds is 5. The third-order valence-electron chi connectivity index (χ3n) is 4.34. The summed E-state index contributed by atoms with van der Waals surface area (Å²) in [4.78, 5) is 15.7. The van der Waals surface area contributed by atoms with E-state index in [1.165, 1.54) is 11.8 Å². The molecule has 0 aromatic rings. The maximum Gasteiger partial charge on any atom is 0.408 e. The van der Waals surface area contributed by atoms with Crippen LogP contribution in [0.5, 0.6) is 0 Å². The van der Waals surface area contributed by atoms with E-state index in [0.717, 1.165) is 0 Å². The normalized spacial score (nSPS) is 24.2. The molecule has 0 aromatic carbocycles. The first kappa shape index (κ1) is 20.0. The van der Waals surface area contributed by atoms with Crippen molar-refractivity contribution in [2.75, 3.05) is 26.2 Å². The number of halogens is 3. The zero-order chi connectivity index (χ0) is 17.8. The van der Waals surface area contributed by atoms with Crippen molar-refractivity contribution in [3.8, 4) is 0 Å². The number of amides is 2. The minimum atomic E-state index is -4.46. The highest BCUT2D eigenvalue weighted by atomic mass is 19.4. The molecule has 1 aliphatic rings. The average molecular weight is 339 g/mol. The van der Waals surface area contributed by atoms with Gasteiger partial charge in [0.05, 0.1) is 6.10 Å². The summed E-state index contributed by atoms with van der Waals surface area (Å²) in [5.41, 5.74) is 0. The summed E-state index contributed by atoms with van der Waals surface area (Å²) in [7, 11) is 0. The number of carbonyl (C=O) groups is 1. The molecule has 2 N–H and O–H groups in total. The first-order valence-corrected chi connectivity index (χ1v) is 8.10. The number of β-amino-alcohol motifs (C(OH)–C–C–N with tert-alkyl or cyclic N) is 1. The number of aliphatic hydroxyl groups is 1. The van der Waals surface area contributed by atoms with E-state index in [2.05, 4.69) is 5.32 Å². The fraction of sp³-hybridized carbons (Fsp3) is 0.933. The van der Waals surface area contributed by atoms with Crippen LogP contribution in [0.3, 0.4) is 0 Å². The summed E-state index contributed by atoms with van der Waals surface area (Å²) in [6, 6.07) is -2.70. The Morgan fingerprint density at radius 3 is 2.39 bits per heavy atom. The van der Waals surface area contributed by atoms with Gasteiger partial charge in [-0.25, -0.2) is 4.79 Å². The summed E-state index contributed by atoms with van der Waals surface area (Å²) in [6.07, 6.45) is -4.59. The lowest BCUT2D eigenvalue weighted by Crippen LogP contribution is -2.60. The van der Waals surface area contributed by atoms with Gasteiger partial charge in [0.1, 0.15) is 6.04 Å².